The molecule has 2 aromatic carbocycles. The molecule has 0 aromatic heterocycles. The molecule has 3 rings (SSSR count). The van der Waals surface area contributed by atoms with Gasteiger partial charge in [0.05, 0.1) is 0 Å². The number of benzene rings is 2. The zero-order valence-corrected chi connectivity index (χ0v) is 14.7. The summed E-state index contributed by atoms with van der Waals surface area (Å²) in [6, 6.07) is 11.0. The number of rotatable bonds is 2. The number of aryl methyl sites for hydroxylation is 1. The molecule has 0 spiro atoms. The SMILES string of the molecule is Oc1cc2c(cc1O)CN(C(=S)NCc1cccc(Cl)c1)CCC2. The first-order valence-corrected chi connectivity index (χ1v) is 8.62. The van der Waals surface area contributed by atoms with Crippen molar-refractivity contribution >= 4 is 28.9 Å². The van der Waals surface area contributed by atoms with Gasteiger partial charge in [-0.2, -0.15) is 0 Å². The van der Waals surface area contributed by atoms with Crippen LogP contribution in [0.25, 0.3) is 0 Å². The maximum absolute atomic E-state index is 9.74. The Balaban J connectivity index is 1.67. The topological polar surface area (TPSA) is 55.7 Å². The fraction of sp³-hybridized carbons (Fsp3) is 0.278. The summed E-state index contributed by atoms with van der Waals surface area (Å²) in [4.78, 5) is 2.09. The van der Waals surface area contributed by atoms with Gasteiger partial charge in [-0.3, -0.25) is 0 Å². The largest absolute Gasteiger partial charge is 0.504 e. The number of hydrogen-bond acceptors (Lipinski definition) is 3. The van der Waals surface area contributed by atoms with Crippen molar-refractivity contribution in [3.63, 3.8) is 0 Å². The quantitative estimate of drug-likeness (QED) is 0.563. The number of halogens is 1. The standard InChI is InChI=1S/C18H19ClN2O2S/c19-15-5-1-3-12(7-15)10-20-18(24)21-6-2-4-13-8-16(22)17(23)9-14(13)11-21/h1,3,5,7-9,22-23H,2,4,6,10-11H2,(H,20,24). The van der Waals surface area contributed by atoms with Crippen LogP contribution in [0.2, 0.25) is 5.02 Å². The highest BCUT2D eigenvalue weighted by molar-refractivity contribution is 7.80. The zero-order valence-electron chi connectivity index (χ0n) is 13.1. The fourth-order valence-electron chi connectivity index (χ4n) is 2.90. The van der Waals surface area contributed by atoms with Gasteiger partial charge in [0.25, 0.3) is 0 Å². The van der Waals surface area contributed by atoms with Crippen LogP contribution in [0.5, 0.6) is 11.5 Å². The zero-order chi connectivity index (χ0) is 17.1. The van der Waals surface area contributed by atoms with Crippen LogP contribution in [-0.4, -0.2) is 26.8 Å². The van der Waals surface area contributed by atoms with Crippen LogP contribution in [0, 0.1) is 0 Å². The molecule has 0 atom stereocenters. The lowest BCUT2D eigenvalue weighted by Gasteiger charge is -2.24. The smallest absolute Gasteiger partial charge is 0.169 e. The van der Waals surface area contributed by atoms with Crippen molar-refractivity contribution in [2.24, 2.45) is 0 Å². The van der Waals surface area contributed by atoms with Crippen LogP contribution in [0.15, 0.2) is 36.4 Å². The summed E-state index contributed by atoms with van der Waals surface area (Å²) in [6.45, 7) is 2.06. The molecule has 0 radical (unpaired) electrons. The van der Waals surface area contributed by atoms with E-state index in [2.05, 4.69) is 10.2 Å². The number of hydrogen-bond donors (Lipinski definition) is 3. The second-order valence-corrected chi connectivity index (χ2v) is 6.75. The van der Waals surface area contributed by atoms with Crippen molar-refractivity contribution in [2.45, 2.75) is 25.9 Å². The van der Waals surface area contributed by atoms with E-state index in [0.717, 1.165) is 36.1 Å². The van der Waals surface area contributed by atoms with Gasteiger partial charge < -0.3 is 20.4 Å². The molecule has 24 heavy (non-hydrogen) atoms. The lowest BCUT2D eigenvalue weighted by atomic mass is 10.0. The van der Waals surface area contributed by atoms with Crippen LogP contribution >= 0.6 is 23.8 Å². The van der Waals surface area contributed by atoms with E-state index in [-0.39, 0.29) is 11.5 Å². The first kappa shape index (κ1) is 16.9. The molecule has 2 aromatic rings. The first-order valence-electron chi connectivity index (χ1n) is 7.84. The second-order valence-electron chi connectivity index (χ2n) is 5.92. The third kappa shape index (κ3) is 3.91. The molecule has 3 N–H and O–H groups in total. The summed E-state index contributed by atoms with van der Waals surface area (Å²) in [5.41, 5.74) is 3.13. The number of nitrogens with one attached hydrogen (secondary N) is 1. The third-order valence-electron chi connectivity index (χ3n) is 4.15. The highest BCUT2D eigenvalue weighted by Crippen LogP contribution is 2.31. The van der Waals surface area contributed by atoms with Crippen molar-refractivity contribution in [1.29, 1.82) is 0 Å². The van der Waals surface area contributed by atoms with Gasteiger partial charge >= 0.3 is 0 Å². The molecule has 1 aliphatic heterocycles. The molecule has 0 saturated heterocycles. The molecule has 0 aliphatic carbocycles. The second kappa shape index (κ2) is 7.28. The number of phenols is 2. The molecule has 1 heterocycles. The van der Waals surface area contributed by atoms with Crippen molar-refractivity contribution in [1.82, 2.24) is 10.2 Å². The first-order chi connectivity index (χ1) is 11.5. The Hall–Kier alpha value is -1.98. The van der Waals surface area contributed by atoms with E-state index in [4.69, 9.17) is 23.8 Å². The van der Waals surface area contributed by atoms with Gasteiger partial charge in [0.1, 0.15) is 0 Å². The molecule has 4 nitrogen and oxygen atoms in total. The Morgan fingerprint density at radius 3 is 2.67 bits per heavy atom. The molecule has 6 heteroatoms. The van der Waals surface area contributed by atoms with Gasteiger partial charge in [0.2, 0.25) is 0 Å². The predicted molar refractivity (Wildman–Crippen MR) is 99.4 cm³/mol. The molecule has 0 fully saturated rings. The Morgan fingerprint density at radius 2 is 1.92 bits per heavy atom. The van der Waals surface area contributed by atoms with Crippen molar-refractivity contribution in [3.05, 3.63) is 58.1 Å². The molecule has 0 unspecified atom stereocenters. The molecule has 0 saturated carbocycles. The summed E-state index contributed by atoms with van der Waals surface area (Å²) in [5.74, 6) is -0.155. The van der Waals surface area contributed by atoms with E-state index in [9.17, 15) is 10.2 Å². The highest BCUT2D eigenvalue weighted by Gasteiger charge is 2.18. The van der Waals surface area contributed by atoms with E-state index in [1.165, 1.54) is 0 Å². The van der Waals surface area contributed by atoms with Crippen LogP contribution in [0.4, 0.5) is 0 Å². The van der Waals surface area contributed by atoms with Crippen molar-refractivity contribution in [2.75, 3.05) is 6.54 Å². The summed E-state index contributed by atoms with van der Waals surface area (Å²) in [7, 11) is 0. The lowest BCUT2D eigenvalue weighted by molar-refractivity contribution is 0.397. The molecule has 1 aliphatic rings. The summed E-state index contributed by atoms with van der Waals surface area (Å²) in [5, 5.41) is 24.1. The minimum atomic E-state index is -0.0894. The lowest BCUT2D eigenvalue weighted by Crippen LogP contribution is -2.39. The van der Waals surface area contributed by atoms with E-state index >= 15 is 0 Å². The number of phenolic OH excluding ortho intramolecular Hbond substituents is 2. The highest BCUT2D eigenvalue weighted by atomic mass is 35.5. The van der Waals surface area contributed by atoms with E-state index in [1.54, 1.807) is 12.1 Å². The van der Waals surface area contributed by atoms with Crippen LogP contribution < -0.4 is 5.32 Å². The van der Waals surface area contributed by atoms with Gasteiger partial charge in [-0.1, -0.05) is 23.7 Å². The molecule has 126 valence electrons. The average Bonchev–Trinajstić information content (AvgIpc) is 2.75. The van der Waals surface area contributed by atoms with Crippen molar-refractivity contribution < 1.29 is 10.2 Å². The van der Waals surface area contributed by atoms with Crippen LogP contribution in [0.1, 0.15) is 23.1 Å². The van der Waals surface area contributed by atoms with E-state index in [1.807, 2.05) is 24.3 Å². The number of aromatic hydroxyl groups is 2. The third-order valence-corrected chi connectivity index (χ3v) is 4.79. The van der Waals surface area contributed by atoms with Crippen molar-refractivity contribution in [3.8, 4) is 11.5 Å². The molecule has 0 amide bonds. The Labute approximate surface area is 151 Å². The predicted octanol–water partition coefficient (Wildman–Crippen LogP) is 3.57. The molecular weight excluding hydrogens is 344 g/mol. The Kier molecular flexibility index (Phi) is 5.11. The summed E-state index contributed by atoms with van der Waals surface area (Å²) >= 11 is 11.5. The van der Waals surface area contributed by atoms with Gasteiger partial charge in [-0.05, 0) is 66.0 Å². The van der Waals surface area contributed by atoms with Gasteiger partial charge in [0, 0.05) is 24.7 Å². The van der Waals surface area contributed by atoms with E-state index < -0.39 is 0 Å². The molecular formula is C18H19ClN2O2S. The van der Waals surface area contributed by atoms with Crippen LogP contribution in [-0.2, 0) is 19.5 Å². The Morgan fingerprint density at radius 1 is 1.17 bits per heavy atom. The number of fused-ring (bicyclic) bond motifs is 1. The normalized spacial score (nSPS) is 14.0. The maximum Gasteiger partial charge on any atom is 0.169 e. The van der Waals surface area contributed by atoms with Gasteiger partial charge in [-0.25, -0.2) is 0 Å². The number of nitrogens with zero attached hydrogens (tertiary/aromatic N) is 1. The number of thiocarbonyl (C=S) groups is 1. The fourth-order valence-corrected chi connectivity index (χ4v) is 3.34. The minimum absolute atomic E-state index is 0.0659. The van der Waals surface area contributed by atoms with Crippen LogP contribution in [0.3, 0.4) is 0 Å². The van der Waals surface area contributed by atoms with E-state index in [0.29, 0.717) is 23.2 Å². The summed E-state index contributed by atoms with van der Waals surface area (Å²) in [6.07, 6.45) is 1.80. The Bertz CT molecular complexity index is 767. The van der Waals surface area contributed by atoms with Gasteiger partial charge in [0.15, 0.2) is 16.6 Å². The maximum atomic E-state index is 9.74. The monoisotopic (exact) mass is 362 g/mol. The average molecular weight is 363 g/mol. The summed E-state index contributed by atoms with van der Waals surface area (Å²) < 4.78 is 0. The molecule has 0 bridgehead atoms. The minimum Gasteiger partial charge on any atom is -0.504 e. The van der Waals surface area contributed by atoms with Gasteiger partial charge in [-0.15, -0.1) is 0 Å².